The van der Waals surface area contributed by atoms with E-state index >= 15 is 0 Å². The van der Waals surface area contributed by atoms with Gasteiger partial charge in [-0.15, -0.1) is 0 Å². The molecule has 0 unspecified atom stereocenters. The first-order chi connectivity index (χ1) is 9.85. The second-order valence-corrected chi connectivity index (χ2v) is 4.57. The van der Waals surface area contributed by atoms with E-state index in [9.17, 15) is 14.4 Å². The fourth-order valence-corrected chi connectivity index (χ4v) is 1.93. The van der Waals surface area contributed by atoms with Crippen LogP contribution in [0.2, 0.25) is 10.0 Å². The predicted molar refractivity (Wildman–Crippen MR) is 77.1 cm³/mol. The minimum absolute atomic E-state index is 0.0359. The van der Waals surface area contributed by atoms with Gasteiger partial charge in [0.05, 0.1) is 22.9 Å². The van der Waals surface area contributed by atoms with Gasteiger partial charge in [-0.3, -0.25) is 4.79 Å². The van der Waals surface area contributed by atoms with Gasteiger partial charge in [-0.1, -0.05) is 23.2 Å². The van der Waals surface area contributed by atoms with Crippen molar-refractivity contribution in [1.29, 1.82) is 0 Å². The molecule has 0 aliphatic rings. The fraction of sp³-hybridized carbons (Fsp3) is 0.250. The number of urea groups is 1. The SMILES string of the molecule is CCOC(=O)CNC(=O)Nc1c(Cl)cc(Cl)cc1C(=O)O. The first kappa shape index (κ1) is 17.1. The van der Waals surface area contributed by atoms with Gasteiger partial charge >= 0.3 is 18.0 Å². The number of carbonyl (C=O) groups excluding carboxylic acids is 2. The number of ether oxygens (including phenoxy) is 1. The number of benzene rings is 1. The van der Waals surface area contributed by atoms with E-state index < -0.39 is 18.0 Å². The normalized spacial score (nSPS) is 9.86. The van der Waals surface area contributed by atoms with Crippen molar-refractivity contribution < 1.29 is 24.2 Å². The topological polar surface area (TPSA) is 105 Å². The average molecular weight is 335 g/mol. The molecule has 1 rings (SSSR count). The van der Waals surface area contributed by atoms with Crippen molar-refractivity contribution in [3.05, 3.63) is 27.7 Å². The molecule has 0 atom stereocenters. The predicted octanol–water partition coefficient (Wildman–Crippen LogP) is 2.38. The smallest absolute Gasteiger partial charge is 0.337 e. The van der Waals surface area contributed by atoms with Crippen molar-refractivity contribution in [2.45, 2.75) is 6.92 Å². The lowest BCUT2D eigenvalue weighted by molar-refractivity contribution is -0.141. The van der Waals surface area contributed by atoms with E-state index in [1.54, 1.807) is 6.92 Å². The minimum Gasteiger partial charge on any atom is -0.478 e. The summed E-state index contributed by atoms with van der Waals surface area (Å²) in [5.74, 6) is -1.92. The van der Waals surface area contributed by atoms with Crippen LogP contribution in [-0.4, -0.2) is 36.2 Å². The van der Waals surface area contributed by atoms with Crippen molar-refractivity contribution in [2.24, 2.45) is 0 Å². The van der Waals surface area contributed by atoms with E-state index in [4.69, 9.17) is 28.3 Å². The van der Waals surface area contributed by atoms with Crippen LogP contribution in [0.1, 0.15) is 17.3 Å². The maximum atomic E-state index is 11.6. The molecule has 0 saturated carbocycles. The van der Waals surface area contributed by atoms with Gasteiger partial charge in [0.1, 0.15) is 6.54 Å². The van der Waals surface area contributed by atoms with Crippen LogP contribution in [-0.2, 0) is 9.53 Å². The largest absolute Gasteiger partial charge is 0.478 e. The number of carboxylic acids is 1. The van der Waals surface area contributed by atoms with Crippen LogP contribution in [0.5, 0.6) is 0 Å². The van der Waals surface area contributed by atoms with Crippen LogP contribution in [0.4, 0.5) is 10.5 Å². The van der Waals surface area contributed by atoms with Crippen molar-refractivity contribution in [3.63, 3.8) is 0 Å². The van der Waals surface area contributed by atoms with E-state index in [-0.39, 0.29) is 34.4 Å². The number of esters is 1. The molecule has 0 aromatic heterocycles. The number of rotatable bonds is 5. The molecule has 1 aromatic carbocycles. The lowest BCUT2D eigenvalue weighted by Gasteiger charge is -2.11. The molecule has 0 saturated heterocycles. The second-order valence-electron chi connectivity index (χ2n) is 3.73. The highest BCUT2D eigenvalue weighted by atomic mass is 35.5. The summed E-state index contributed by atoms with van der Waals surface area (Å²) >= 11 is 11.6. The average Bonchev–Trinajstić information content (AvgIpc) is 2.39. The van der Waals surface area contributed by atoms with Crippen LogP contribution in [0.3, 0.4) is 0 Å². The molecule has 2 amide bonds. The molecule has 9 heteroatoms. The van der Waals surface area contributed by atoms with E-state index in [1.165, 1.54) is 6.07 Å². The second kappa shape index (κ2) is 7.70. The first-order valence-electron chi connectivity index (χ1n) is 5.78. The zero-order valence-corrected chi connectivity index (χ0v) is 12.4. The fourth-order valence-electron chi connectivity index (χ4n) is 1.39. The summed E-state index contributed by atoms with van der Waals surface area (Å²) in [7, 11) is 0. The van der Waals surface area contributed by atoms with Crippen molar-refractivity contribution in [1.82, 2.24) is 5.32 Å². The number of anilines is 1. The van der Waals surface area contributed by atoms with E-state index in [0.29, 0.717) is 0 Å². The quantitative estimate of drug-likeness (QED) is 0.717. The molecule has 0 radical (unpaired) electrons. The zero-order chi connectivity index (χ0) is 16.0. The molecule has 0 spiro atoms. The Hall–Kier alpha value is -1.99. The highest BCUT2D eigenvalue weighted by Crippen LogP contribution is 2.30. The highest BCUT2D eigenvalue weighted by Gasteiger charge is 2.17. The molecule has 0 aliphatic carbocycles. The molecule has 3 N–H and O–H groups in total. The van der Waals surface area contributed by atoms with Crippen molar-refractivity contribution >= 4 is 46.9 Å². The Labute approximate surface area is 130 Å². The van der Waals surface area contributed by atoms with E-state index in [0.717, 1.165) is 6.07 Å². The molecule has 7 nitrogen and oxygen atoms in total. The van der Waals surface area contributed by atoms with Gasteiger partial charge in [0.15, 0.2) is 0 Å². The van der Waals surface area contributed by atoms with Gasteiger partial charge < -0.3 is 20.5 Å². The number of nitrogens with one attached hydrogen (secondary N) is 2. The number of aromatic carboxylic acids is 1. The summed E-state index contributed by atoms with van der Waals surface area (Å²) in [5, 5.41) is 13.6. The summed E-state index contributed by atoms with van der Waals surface area (Å²) < 4.78 is 4.62. The maximum absolute atomic E-state index is 11.6. The molecule has 114 valence electrons. The molecule has 21 heavy (non-hydrogen) atoms. The minimum atomic E-state index is -1.31. The maximum Gasteiger partial charge on any atom is 0.337 e. The Balaban J connectivity index is 2.80. The molecule has 1 aromatic rings. The van der Waals surface area contributed by atoms with Crippen LogP contribution in [0.25, 0.3) is 0 Å². The number of halogens is 2. The summed E-state index contributed by atoms with van der Waals surface area (Å²) in [5.41, 5.74) is -0.381. The zero-order valence-electron chi connectivity index (χ0n) is 10.9. The van der Waals surface area contributed by atoms with Gasteiger partial charge in [-0.2, -0.15) is 0 Å². The van der Waals surface area contributed by atoms with Crippen LogP contribution >= 0.6 is 23.2 Å². The Bertz CT molecular complexity index is 577. The monoisotopic (exact) mass is 334 g/mol. The van der Waals surface area contributed by atoms with Crippen molar-refractivity contribution in [2.75, 3.05) is 18.5 Å². The lowest BCUT2D eigenvalue weighted by Crippen LogP contribution is -2.34. The number of hydrogen-bond acceptors (Lipinski definition) is 4. The van der Waals surface area contributed by atoms with Gasteiger partial charge in [0.25, 0.3) is 0 Å². The van der Waals surface area contributed by atoms with Gasteiger partial charge in [0, 0.05) is 5.02 Å². The molecular weight excluding hydrogens is 323 g/mol. The highest BCUT2D eigenvalue weighted by molar-refractivity contribution is 6.37. The summed E-state index contributed by atoms with van der Waals surface area (Å²) in [6, 6.07) is 1.64. The number of carboxylic acid groups (broad SMARTS) is 1. The molecule has 0 heterocycles. The Morgan fingerprint density at radius 2 is 1.95 bits per heavy atom. The Morgan fingerprint density at radius 3 is 2.52 bits per heavy atom. The third-order valence-corrected chi connectivity index (χ3v) is 2.74. The van der Waals surface area contributed by atoms with Gasteiger partial charge in [0.2, 0.25) is 0 Å². The molecule has 0 bridgehead atoms. The first-order valence-corrected chi connectivity index (χ1v) is 6.53. The van der Waals surface area contributed by atoms with Crippen LogP contribution in [0, 0.1) is 0 Å². The lowest BCUT2D eigenvalue weighted by atomic mass is 10.2. The van der Waals surface area contributed by atoms with E-state index in [1.807, 2.05) is 0 Å². The molecule has 0 fully saturated rings. The number of carbonyl (C=O) groups is 3. The summed E-state index contributed by atoms with van der Waals surface area (Å²) in [6.07, 6.45) is 0. The Morgan fingerprint density at radius 1 is 1.29 bits per heavy atom. The third-order valence-electron chi connectivity index (χ3n) is 2.22. The third kappa shape index (κ3) is 5.13. The van der Waals surface area contributed by atoms with Crippen LogP contribution in [0.15, 0.2) is 12.1 Å². The standard InChI is InChI=1S/C12H12Cl2N2O5/c1-2-21-9(17)5-15-12(20)16-10-7(11(18)19)3-6(13)4-8(10)14/h3-4H,2,5H2,1H3,(H,18,19)(H2,15,16,20). The molecule has 0 aliphatic heterocycles. The van der Waals surface area contributed by atoms with Gasteiger partial charge in [-0.25, -0.2) is 9.59 Å². The number of hydrogen-bond donors (Lipinski definition) is 3. The Kier molecular flexibility index (Phi) is 6.26. The van der Waals surface area contributed by atoms with E-state index in [2.05, 4.69) is 15.4 Å². The summed E-state index contributed by atoms with van der Waals surface area (Å²) in [4.78, 5) is 33.8. The van der Waals surface area contributed by atoms with Crippen molar-refractivity contribution in [3.8, 4) is 0 Å². The van der Waals surface area contributed by atoms with Crippen LogP contribution < -0.4 is 10.6 Å². The molecular formula is C12H12Cl2N2O5. The number of amides is 2. The summed E-state index contributed by atoms with van der Waals surface area (Å²) in [6.45, 7) is 1.46. The van der Waals surface area contributed by atoms with Gasteiger partial charge in [-0.05, 0) is 19.1 Å².